The number of carbonyl (C=O) groups excluding carboxylic acids is 1. The summed E-state index contributed by atoms with van der Waals surface area (Å²) in [6.45, 7) is 3.68. The fourth-order valence-electron chi connectivity index (χ4n) is 3.00. The van der Waals surface area contributed by atoms with Crippen molar-refractivity contribution in [2.75, 3.05) is 0 Å². The van der Waals surface area contributed by atoms with Crippen LogP contribution in [0.4, 0.5) is 0 Å². The second-order valence-electron chi connectivity index (χ2n) is 6.93. The number of nitriles is 1. The van der Waals surface area contributed by atoms with Gasteiger partial charge in [-0.05, 0) is 44.4 Å². The SMILES string of the molecule is CC(C)(C(=O)NC1CCCCC1)c1ccc(S(=O)(=O)C=CC#N)cc1. The Morgan fingerprint density at radius 3 is 2.36 bits per heavy atom. The molecule has 5 nitrogen and oxygen atoms in total. The van der Waals surface area contributed by atoms with Gasteiger partial charge in [0.25, 0.3) is 0 Å². The lowest BCUT2D eigenvalue weighted by molar-refractivity contribution is -0.126. The highest BCUT2D eigenvalue weighted by Gasteiger charge is 2.31. The van der Waals surface area contributed by atoms with Gasteiger partial charge in [-0.1, -0.05) is 31.4 Å². The van der Waals surface area contributed by atoms with Crippen LogP contribution in [0.5, 0.6) is 0 Å². The van der Waals surface area contributed by atoms with E-state index in [0.29, 0.717) is 0 Å². The van der Waals surface area contributed by atoms with Crippen LogP contribution in [0.15, 0.2) is 40.6 Å². The minimum Gasteiger partial charge on any atom is -0.353 e. The zero-order chi connectivity index (χ0) is 18.5. The first-order chi connectivity index (χ1) is 11.8. The summed E-state index contributed by atoms with van der Waals surface area (Å²) in [4.78, 5) is 12.8. The molecule has 1 amide bonds. The van der Waals surface area contributed by atoms with E-state index >= 15 is 0 Å². The van der Waals surface area contributed by atoms with Crippen molar-refractivity contribution < 1.29 is 13.2 Å². The lowest BCUT2D eigenvalue weighted by Crippen LogP contribution is -2.45. The number of rotatable bonds is 5. The highest BCUT2D eigenvalue weighted by molar-refractivity contribution is 7.94. The number of hydrogen-bond donors (Lipinski definition) is 1. The quantitative estimate of drug-likeness (QED) is 0.817. The van der Waals surface area contributed by atoms with Crippen LogP contribution < -0.4 is 5.32 Å². The zero-order valence-electron chi connectivity index (χ0n) is 14.7. The van der Waals surface area contributed by atoms with Crippen molar-refractivity contribution in [2.24, 2.45) is 0 Å². The first-order valence-electron chi connectivity index (χ1n) is 8.50. The maximum absolute atomic E-state index is 12.7. The Bertz CT molecular complexity index is 781. The average Bonchev–Trinajstić information content (AvgIpc) is 2.61. The topological polar surface area (TPSA) is 87.0 Å². The van der Waals surface area contributed by atoms with Gasteiger partial charge in [-0.25, -0.2) is 8.42 Å². The molecule has 1 aromatic rings. The lowest BCUT2D eigenvalue weighted by atomic mass is 9.83. The molecule has 1 N–H and O–H groups in total. The lowest BCUT2D eigenvalue weighted by Gasteiger charge is -2.29. The van der Waals surface area contributed by atoms with E-state index in [1.807, 2.05) is 13.8 Å². The van der Waals surface area contributed by atoms with Gasteiger partial charge in [0.1, 0.15) is 0 Å². The van der Waals surface area contributed by atoms with Crippen molar-refractivity contribution in [3.63, 3.8) is 0 Å². The summed E-state index contributed by atoms with van der Waals surface area (Å²) < 4.78 is 24.1. The number of amides is 1. The Balaban J connectivity index is 2.15. The first kappa shape index (κ1) is 19.2. The van der Waals surface area contributed by atoms with E-state index in [2.05, 4.69) is 5.32 Å². The zero-order valence-corrected chi connectivity index (χ0v) is 15.5. The number of nitrogens with one attached hydrogen (secondary N) is 1. The molecule has 0 aromatic heterocycles. The highest BCUT2D eigenvalue weighted by Crippen LogP contribution is 2.27. The second kappa shape index (κ2) is 7.83. The average molecular weight is 360 g/mol. The fraction of sp³-hybridized carbons (Fsp3) is 0.474. The van der Waals surface area contributed by atoms with Gasteiger partial charge in [0.15, 0.2) is 0 Å². The molecule has 1 aromatic carbocycles. The highest BCUT2D eigenvalue weighted by atomic mass is 32.2. The van der Waals surface area contributed by atoms with E-state index in [9.17, 15) is 13.2 Å². The molecular weight excluding hydrogens is 336 g/mol. The van der Waals surface area contributed by atoms with E-state index in [4.69, 9.17) is 5.26 Å². The molecule has 0 heterocycles. The molecule has 25 heavy (non-hydrogen) atoms. The Labute approximate surface area is 149 Å². The van der Waals surface area contributed by atoms with Crippen molar-refractivity contribution in [3.05, 3.63) is 41.3 Å². The molecule has 0 bridgehead atoms. The molecule has 0 spiro atoms. The third-order valence-electron chi connectivity index (χ3n) is 4.73. The van der Waals surface area contributed by atoms with Crippen LogP contribution >= 0.6 is 0 Å². The van der Waals surface area contributed by atoms with Gasteiger partial charge >= 0.3 is 0 Å². The van der Waals surface area contributed by atoms with Crippen molar-refractivity contribution in [1.82, 2.24) is 5.32 Å². The van der Waals surface area contributed by atoms with Crippen LogP contribution in [-0.4, -0.2) is 20.4 Å². The van der Waals surface area contributed by atoms with Crippen LogP contribution in [0.3, 0.4) is 0 Å². The number of benzene rings is 1. The van der Waals surface area contributed by atoms with Gasteiger partial charge < -0.3 is 5.32 Å². The standard InChI is InChI=1S/C19H24N2O3S/c1-19(2,18(22)21-16-7-4-3-5-8-16)15-9-11-17(12-10-15)25(23,24)14-6-13-20/h6,9-12,14,16H,3-5,7-8H2,1-2H3,(H,21,22). The summed E-state index contributed by atoms with van der Waals surface area (Å²) in [6, 6.07) is 8.17. The summed E-state index contributed by atoms with van der Waals surface area (Å²) in [5.74, 6) is -0.0422. The van der Waals surface area contributed by atoms with Crippen LogP contribution in [0.1, 0.15) is 51.5 Å². The van der Waals surface area contributed by atoms with Gasteiger partial charge in [-0.15, -0.1) is 0 Å². The van der Waals surface area contributed by atoms with E-state index in [0.717, 1.165) is 42.7 Å². The molecule has 0 atom stereocenters. The van der Waals surface area contributed by atoms with Gasteiger partial charge in [0.05, 0.1) is 16.4 Å². The molecule has 0 radical (unpaired) electrons. The van der Waals surface area contributed by atoms with Crippen LogP contribution in [-0.2, 0) is 20.0 Å². The predicted molar refractivity (Wildman–Crippen MR) is 96.4 cm³/mol. The minimum atomic E-state index is -3.63. The van der Waals surface area contributed by atoms with Gasteiger partial charge in [-0.3, -0.25) is 4.79 Å². The first-order valence-corrected chi connectivity index (χ1v) is 10.0. The van der Waals surface area contributed by atoms with Gasteiger partial charge in [0, 0.05) is 17.5 Å². The molecular formula is C19H24N2O3S. The summed E-state index contributed by atoms with van der Waals surface area (Å²) in [6.07, 6.45) is 6.49. The Kier molecular flexibility index (Phi) is 6.02. The Morgan fingerprint density at radius 2 is 1.80 bits per heavy atom. The summed E-state index contributed by atoms with van der Waals surface area (Å²) in [5.41, 5.74) is 0.00594. The van der Waals surface area contributed by atoms with Crippen molar-refractivity contribution in [2.45, 2.75) is 62.3 Å². The van der Waals surface area contributed by atoms with Gasteiger partial charge in [-0.2, -0.15) is 5.26 Å². The van der Waals surface area contributed by atoms with Crippen molar-refractivity contribution in [1.29, 1.82) is 5.26 Å². The summed E-state index contributed by atoms with van der Waals surface area (Å²) >= 11 is 0. The summed E-state index contributed by atoms with van der Waals surface area (Å²) in [5, 5.41) is 12.5. The number of allylic oxidation sites excluding steroid dienone is 1. The van der Waals surface area contributed by atoms with Crippen molar-refractivity contribution in [3.8, 4) is 6.07 Å². The van der Waals surface area contributed by atoms with E-state index in [-0.39, 0.29) is 16.8 Å². The number of nitrogens with zero attached hydrogens (tertiary/aromatic N) is 1. The molecule has 134 valence electrons. The van der Waals surface area contributed by atoms with Crippen LogP contribution in [0, 0.1) is 11.3 Å². The molecule has 0 aliphatic heterocycles. The normalized spacial score (nSPS) is 16.5. The molecule has 6 heteroatoms. The maximum atomic E-state index is 12.7. The summed E-state index contributed by atoms with van der Waals surface area (Å²) in [7, 11) is -3.63. The molecule has 0 saturated heterocycles. The van der Waals surface area contributed by atoms with Crippen LogP contribution in [0.2, 0.25) is 0 Å². The number of sulfone groups is 1. The largest absolute Gasteiger partial charge is 0.353 e. The van der Waals surface area contributed by atoms with E-state index in [1.165, 1.54) is 18.6 Å². The second-order valence-corrected chi connectivity index (χ2v) is 8.77. The number of hydrogen-bond acceptors (Lipinski definition) is 4. The Hall–Kier alpha value is -2.13. The predicted octanol–water partition coefficient (Wildman–Crippen LogP) is 3.22. The molecule has 1 aliphatic rings. The molecule has 2 rings (SSSR count). The van der Waals surface area contributed by atoms with Crippen molar-refractivity contribution >= 4 is 15.7 Å². The third-order valence-corrected chi connectivity index (χ3v) is 6.16. The smallest absolute Gasteiger partial charge is 0.230 e. The number of carbonyl (C=O) groups is 1. The monoisotopic (exact) mass is 360 g/mol. The molecule has 1 saturated carbocycles. The van der Waals surface area contributed by atoms with Crippen LogP contribution in [0.25, 0.3) is 0 Å². The molecule has 1 fully saturated rings. The Morgan fingerprint density at radius 1 is 1.20 bits per heavy atom. The fourth-order valence-corrected chi connectivity index (χ4v) is 3.92. The third kappa shape index (κ3) is 4.70. The minimum absolute atomic E-state index is 0.0422. The molecule has 1 aliphatic carbocycles. The van der Waals surface area contributed by atoms with E-state index in [1.54, 1.807) is 18.2 Å². The van der Waals surface area contributed by atoms with Gasteiger partial charge in [0.2, 0.25) is 15.7 Å². The maximum Gasteiger partial charge on any atom is 0.230 e. The van der Waals surface area contributed by atoms with E-state index < -0.39 is 15.3 Å². The molecule has 0 unspecified atom stereocenters.